The Kier molecular flexibility index (Phi) is 4.71. The van der Waals surface area contributed by atoms with E-state index in [-0.39, 0.29) is 23.7 Å². The summed E-state index contributed by atoms with van der Waals surface area (Å²) in [6.45, 7) is 2.19. The third-order valence-electron chi connectivity index (χ3n) is 2.87. The molecule has 0 unspecified atom stereocenters. The van der Waals surface area contributed by atoms with Crippen molar-refractivity contribution in [2.24, 2.45) is 0 Å². The Balaban J connectivity index is 2.08. The molecule has 2 rings (SSSR count). The maximum Gasteiger partial charge on any atom is 0.255 e. The van der Waals surface area contributed by atoms with E-state index < -0.39 is 11.7 Å². The number of amides is 1. The van der Waals surface area contributed by atoms with E-state index >= 15 is 0 Å². The topological polar surface area (TPSA) is 77.2 Å². The van der Waals surface area contributed by atoms with Crippen LogP contribution in [0.1, 0.15) is 22.8 Å². The number of halogens is 1. The van der Waals surface area contributed by atoms with Crippen LogP contribution in [0.3, 0.4) is 0 Å². The Bertz CT molecular complexity index is 647. The molecule has 1 aromatic carbocycles. The Morgan fingerprint density at radius 1 is 1.38 bits per heavy atom. The van der Waals surface area contributed by atoms with Gasteiger partial charge in [-0.2, -0.15) is 0 Å². The second kappa shape index (κ2) is 6.69. The molecular formula is C15H16FN3O2. The summed E-state index contributed by atoms with van der Waals surface area (Å²) >= 11 is 0. The summed E-state index contributed by atoms with van der Waals surface area (Å²) < 4.78 is 19.2. The zero-order valence-electron chi connectivity index (χ0n) is 11.6. The summed E-state index contributed by atoms with van der Waals surface area (Å²) in [5.74, 6) is -0.565. The Hall–Kier alpha value is -2.63. The van der Waals surface area contributed by atoms with Gasteiger partial charge in [-0.3, -0.25) is 4.79 Å². The minimum atomic E-state index is -0.473. The minimum absolute atomic E-state index is 0.0416. The molecule has 0 spiro atoms. The highest BCUT2D eigenvalue weighted by atomic mass is 19.1. The minimum Gasteiger partial charge on any atom is -0.491 e. The van der Waals surface area contributed by atoms with Crippen LogP contribution >= 0.6 is 0 Å². The number of hydrogen-bond donors (Lipinski definition) is 2. The number of pyridine rings is 1. The Morgan fingerprint density at radius 3 is 2.90 bits per heavy atom. The van der Waals surface area contributed by atoms with Gasteiger partial charge in [-0.15, -0.1) is 0 Å². The molecule has 0 aliphatic heterocycles. The first-order chi connectivity index (χ1) is 10.1. The number of carbonyl (C=O) groups excluding carboxylic acids is 1. The number of ether oxygens (including phenoxy) is 1. The van der Waals surface area contributed by atoms with Gasteiger partial charge in [0.05, 0.1) is 12.2 Å². The fourth-order valence-electron chi connectivity index (χ4n) is 1.84. The normalized spacial score (nSPS) is 10.2. The standard InChI is InChI=1S/C15H16FN3O2/c1-2-21-12-7-3-5-10(13(12)16)9-19-15(20)11-6-4-8-18-14(11)17/h3-8H,2,9H2,1H3,(H2,17,18)(H,19,20). The van der Waals surface area contributed by atoms with E-state index in [1.165, 1.54) is 6.20 Å². The van der Waals surface area contributed by atoms with Gasteiger partial charge in [0.2, 0.25) is 0 Å². The Labute approximate surface area is 121 Å². The van der Waals surface area contributed by atoms with Crippen molar-refractivity contribution in [2.45, 2.75) is 13.5 Å². The Morgan fingerprint density at radius 2 is 2.19 bits per heavy atom. The molecule has 6 heteroatoms. The molecular weight excluding hydrogens is 273 g/mol. The smallest absolute Gasteiger partial charge is 0.255 e. The number of hydrogen-bond acceptors (Lipinski definition) is 4. The lowest BCUT2D eigenvalue weighted by Gasteiger charge is -2.10. The van der Waals surface area contributed by atoms with Crippen molar-refractivity contribution in [3.05, 3.63) is 53.5 Å². The molecule has 0 saturated carbocycles. The largest absolute Gasteiger partial charge is 0.491 e. The van der Waals surface area contributed by atoms with E-state index in [1.54, 1.807) is 37.3 Å². The molecule has 2 aromatic rings. The molecule has 0 saturated heterocycles. The first-order valence-corrected chi connectivity index (χ1v) is 6.52. The molecule has 1 aromatic heterocycles. The summed E-state index contributed by atoms with van der Waals surface area (Å²) in [5.41, 5.74) is 6.23. The lowest BCUT2D eigenvalue weighted by molar-refractivity contribution is 0.0951. The highest BCUT2D eigenvalue weighted by Crippen LogP contribution is 2.20. The van der Waals surface area contributed by atoms with Crippen molar-refractivity contribution in [1.82, 2.24) is 10.3 Å². The molecule has 0 fully saturated rings. The number of benzene rings is 1. The average Bonchev–Trinajstić information content (AvgIpc) is 2.48. The predicted octanol–water partition coefficient (Wildman–Crippen LogP) is 2.13. The zero-order chi connectivity index (χ0) is 15.2. The summed E-state index contributed by atoms with van der Waals surface area (Å²) in [6.07, 6.45) is 1.50. The van der Waals surface area contributed by atoms with Crippen molar-refractivity contribution < 1.29 is 13.9 Å². The van der Waals surface area contributed by atoms with Gasteiger partial charge in [-0.05, 0) is 25.1 Å². The second-order valence-electron chi connectivity index (χ2n) is 4.28. The lowest BCUT2D eigenvalue weighted by atomic mass is 10.2. The molecule has 21 heavy (non-hydrogen) atoms. The quantitative estimate of drug-likeness (QED) is 0.884. The molecule has 1 amide bonds. The van der Waals surface area contributed by atoms with E-state index in [1.807, 2.05) is 0 Å². The van der Waals surface area contributed by atoms with Gasteiger partial charge in [0.1, 0.15) is 5.82 Å². The van der Waals surface area contributed by atoms with Crippen molar-refractivity contribution in [2.75, 3.05) is 12.3 Å². The van der Waals surface area contributed by atoms with Crippen LogP contribution < -0.4 is 15.8 Å². The summed E-state index contributed by atoms with van der Waals surface area (Å²) in [7, 11) is 0. The zero-order valence-corrected chi connectivity index (χ0v) is 11.6. The SMILES string of the molecule is CCOc1cccc(CNC(=O)c2cccnc2N)c1F. The fourth-order valence-corrected chi connectivity index (χ4v) is 1.84. The molecule has 0 aliphatic carbocycles. The molecule has 0 aliphatic rings. The van der Waals surface area contributed by atoms with Gasteiger partial charge in [-0.25, -0.2) is 9.37 Å². The molecule has 3 N–H and O–H groups in total. The van der Waals surface area contributed by atoms with Gasteiger partial charge < -0.3 is 15.8 Å². The molecule has 0 bridgehead atoms. The predicted molar refractivity (Wildman–Crippen MR) is 77.4 cm³/mol. The van der Waals surface area contributed by atoms with Crippen LogP contribution in [0.25, 0.3) is 0 Å². The highest BCUT2D eigenvalue weighted by molar-refractivity contribution is 5.98. The van der Waals surface area contributed by atoms with E-state index in [0.29, 0.717) is 12.2 Å². The van der Waals surface area contributed by atoms with Crippen LogP contribution in [-0.4, -0.2) is 17.5 Å². The molecule has 0 atom stereocenters. The van der Waals surface area contributed by atoms with Crippen LogP contribution in [0, 0.1) is 5.82 Å². The number of anilines is 1. The summed E-state index contributed by atoms with van der Waals surface area (Å²) in [4.78, 5) is 15.8. The van der Waals surface area contributed by atoms with Crippen molar-refractivity contribution >= 4 is 11.7 Å². The number of nitrogens with zero attached hydrogens (tertiary/aromatic N) is 1. The van der Waals surface area contributed by atoms with Gasteiger partial charge in [0, 0.05) is 18.3 Å². The average molecular weight is 289 g/mol. The summed E-state index contributed by atoms with van der Waals surface area (Å²) in [6, 6.07) is 7.98. The summed E-state index contributed by atoms with van der Waals surface area (Å²) in [5, 5.41) is 2.61. The van der Waals surface area contributed by atoms with E-state index in [9.17, 15) is 9.18 Å². The first-order valence-electron chi connectivity index (χ1n) is 6.52. The van der Waals surface area contributed by atoms with Crippen molar-refractivity contribution in [3.8, 4) is 5.75 Å². The number of nitrogens with one attached hydrogen (secondary N) is 1. The van der Waals surface area contributed by atoms with E-state index in [4.69, 9.17) is 10.5 Å². The first kappa shape index (κ1) is 14.8. The van der Waals surface area contributed by atoms with Crippen LogP contribution in [0.4, 0.5) is 10.2 Å². The maximum atomic E-state index is 14.1. The van der Waals surface area contributed by atoms with Crippen LogP contribution in [0.2, 0.25) is 0 Å². The third-order valence-corrected chi connectivity index (χ3v) is 2.87. The third kappa shape index (κ3) is 3.47. The lowest BCUT2D eigenvalue weighted by Crippen LogP contribution is -2.24. The molecule has 0 radical (unpaired) electrons. The van der Waals surface area contributed by atoms with Crippen LogP contribution in [0.15, 0.2) is 36.5 Å². The number of aromatic nitrogens is 1. The number of nitrogen functional groups attached to an aromatic ring is 1. The van der Waals surface area contributed by atoms with Gasteiger partial charge >= 0.3 is 0 Å². The highest BCUT2D eigenvalue weighted by Gasteiger charge is 2.12. The second-order valence-corrected chi connectivity index (χ2v) is 4.28. The van der Waals surface area contributed by atoms with Crippen molar-refractivity contribution in [1.29, 1.82) is 0 Å². The fraction of sp³-hybridized carbons (Fsp3) is 0.200. The molecule has 1 heterocycles. The maximum absolute atomic E-state index is 14.1. The number of nitrogens with two attached hydrogens (primary N) is 1. The van der Waals surface area contributed by atoms with Crippen LogP contribution in [0.5, 0.6) is 5.75 Å². The number of carbonyl (C=O) groups is 1. The van der Waals surface area contributed by atoms with Gasteiger partial charge in [-0.1, -0.05) is 12.1 Å². The molecule has 110 valence electrons. The van der Waals surface area contributed by atoms with E-state index in [0.717, 1.165) is 0 Å². The van der Waals surface area contributed by atoms with Crippen molar-refractivity contribution in [3.63, 3.8) is 0 Å². The van der Waals surface area contributed by atoms with Gasteiger partial charge in [0.15, 0.2) is 11.6 Å². The van der Waals surface area contributed by atoms with E-state index in [2.05, 4.69) is 10.3 Å². The number of rotatable bonds is 5. The van der Waals surface area contributed by atoms with Crippen LogP contribution in [-0.2, 0) is 6.54 Å². The molecule has 5 nitrogen and oxygen atoms in total. The monoisotopic (exact) mass is 289 g/mol. The van der Waals surface area contributed by atoms with Gasteiger partial charge in [0.25, 0.3) is 5.91 Å².